The fraction of sp³-hybridized carbons (Fsp3) is 0.769. The zero-order valence-electron chi connectivity index (χ0n) is 12.6. The Morgan fingerprint density at radius 3 is 2.41 bits per heavy atom. The molecule has 1 N–H and O–H groups in total. The maximum atomic E-state index is 12.1. The van der Waals surface area contributed by atoms with Gasteiger partial charge in [-0.3, -0.25) is 14.1 Å². The highest BCUT2D eigenvalue weighted by atomic mass is 32.2. The van der Waals surface area contributed by atoms with E-state index in [0.717, 1.165) is 19.3 Å². The number of unbranched alkanes of at least 4 members (excludes halogenated alkanes) is 1. The van der Waals surface area contributed by atoms with Crippen molar-refractivity contribution in [3.8, 4) is 0 Å². The molecular weight excluding hydrogens is 314 g/mol. The van der Waals surface area contributed by atoms with Crippen LogP contribution < -0.4 is 0 Å². The second kappa shape index (κ2) is 7.68. The van der Waals surface area contributed by atoms with Crippen LogP contribution in [0.25, 0.3) is 0 Å². The van der Waals surface area contributed by atoms with E-state index in [-0.39, 0.29) is 5.06 Å². The van der Waals surface area contributed by atoms with E-state index < -0.39 is 45.5 Å². The third-order valence-corrected chi connectivity index (χ3v) is 4.57. The number of carbonyl (C=O) groups excluding carboxylic acids is 3. The molecule has 9 heteroatoms. The second-order valence-corrected chi connectivity index (χ2v) is 6.87. The van der Waals surface area contributed by atoms with Crippen LogP contribution in [0.1, 0.15) is 52.4 Å². The van der Waals surface area contributed by atoms with Gasteiger partial charge >= 0.3 is 5.97 Å². The van der Waals surface area contributed by atoms with E-state index in [4.69, 9.17) is 9.39 Å². The molecule has 1 rings (SSSR count). The standard InChI is InChI=1S/C13H21NO7S/c1-3-5-7-9(6-4-2)13(17)21-14-11(15)8-10(12(14)16)22(18,19)20/h9-10H,3-8H2,1-2H3,(H,18,19,20). The van der Waals surface area contributed by atoms with Crippen molar-refractivity contribution in [3.05, 3.63) is 0 Å². The van der Waals surface area contributed by atoms with Crippen molar-refractivity contribution in [1.82, 2.24) is 5.06 Å². The second-order valence-electron chi connectivity index (χ2n) is 5.27. The lowest BCUT2D eigenvalue weighted by Gasteiger charge is -2.18. The Morgan fingerprint density at radius 2 is 1.95 bits per heavy atom. The molecule has 2 unspecified atom stereocenters. The van der Waals surface area contributed by atoms with Crippen LogP contribution in [-0.4, -0.2) is 41.1 Å². The summed E-state index contributed by atoms with van der Waals surface area (Å²) in [5.74, 6) is -3.36. The fourth-order valence-corrected chi connectivity index (χ4v) is 2.96. The first-order valence-electron chi connectivity index (χ1n) is 7.27. The number of hydrogen-bond acceptors (Lipinski definition) is 6. The fourth-order valence-electron chi connectivity index (χ4n) is 2.25. The van der Waals surface area contributed by atoms with Gasteiger partial charge in [0.15, 0.2) is 5.25 Å². The number of hydrogen-bond donors (Lipinski definition) is 1. The maximum Gasteiger partial charge on any atom is 0.336 e. The van der Waals surface area contributed by atoms with Gasteiger partial charge in [0.25, 0.3) is 21.9 Å². The molecule has 0 saturated carbocycles. The summed E-state index contributed by atoms with van der Waals surface area (Å²) in [5, 5.41) is -1.73. The van der Waals surface area contributed by atoms with Crippen LogP contribution in [0.3, 0.4) is 0 Å². The molecule has 0 aromatic carbocycles. The summed E-state index contributed by atoms with van der Waals surface area (Å²) >= 11 is 0. The summed E-state index contributed by atoms with van der Waals surface area (Å²) in [6, 6.07) is 0. The quantitative estimate of drug-likeness (QED) is 0.520. The molecule has 0 radical (unpaired) electrons. The lowest BCUT2D eigenvalue weighted by atomic mass is 9.97. The predicted molar refractivity (Wildman–Crippen MR) is 75.8 cm³/mol. The molecule has 0 spiro atoms. The van der Waals surface area contributed by atoms with Gasteiger partial charge in [0, 0.05) is 0 Å². The van der Waals surface area contributed by atoms with Crippen molar-refractivity contribution in [1.29, 1.82) is 0 Å². The van der Waals surface area contributed by atoms with Crippen LogP contribution in [0.4, 0.5) is 0 Å². The van der Waals surface area contributed by atoms with E-state index in [1.54, 1.807) is 0 Å². The monoisotopic (exact) mass is 335 g/mol. The van der Waals surface area contributed by atoms with E-state index in [1.165, 1.54) is 0 Å². The summed E-state index contributed by atoms with van der Waals surface area (Å²) in [4.78, 5) is 40.3. The molecule has 1 fully saturated rings. The molecule has 0 bridgehead atoms. The molecule has 1 aliphatic rings. The van der Waals surface area contributed by atoms with E-state index in [1.807, 2.05) is 13.8 Å². The van der Waals surface area contributed by atoms with Gasteiger partial charge in [0.05, 0.1) is 12.3 Å². The molecule has 2 amide bonds. The van der Waals surface area contributed by atoms with E-state index >= 15 is 0 Å². The van der Waals surface area contributed by atoms with Gasteiger partial charge < -0.3 is 4.84 Å². The lowest BCUT2D eigenvalue weighted by Crippen LogP contribution is -2.38. The molecule has 22 heavy (non-hydrogen) atoms. The Hall–Kier alpha value is -1.48. The Balaban J connectivity index is 2.78. The Morgan fingerprint density at radius 1 is 1.32 bits per heavy atom. The summed E-state index contributed by atoms with van der Waals surface area (Å²) < 4.78 is 30.9. The van der Waals surface area contributed by atoms with E-state index in [2.05, 4.69) is 0 Å². The third kappa shape index (κ3) is 4.51. The smallest absolute Gasteiger partial charge is 0.330 e. The Bertz CT molecular complexity index is 543. The average Bonchev–Trinajstić information content (AvgIpc) is 2.71. The number of nitrogens with zero attached hydrogens (tertiary/aromatic N) is 1. The van der Waals surface area contributed by atoms with Crippen molar-refractivity contribution in [3.63, 3.8) is 0 Å². The van der Waals surface area contributed by atoms with Crippen LogP contribution >= 0.6 is 0 Å². The highest BCUT2D eigenvalue weighted by Gasteiger charge is 2.48. The highest BCUT2D eigenvalue weighted by Crippen LogP contribution is 2.23. The van der Waals surface area contributed by atoms with E-state index in [9.17, 15) is 22.8 Å². The van der Waals surface area contributed by atoms with Gasteiger partial charge in [-0.15, -0.1) is 5.06 Å². The highest BCUT2D eigenvalue weighted by molar-refractivity contribution is 7.87. The van der Waals surface area contributed by atoms with Crippen molar-refractivity contribution in [2.45, 2.75) is 57.6 Å². The van der Waals surface area contributed by atoms with Gasteiger partial charge in [-0.05, 0) is 12.8 Å². The topological polar surface area (TPSA) is 118 Å². The molecule has 0 aromatic heterocycles. The molecule has 2 atom stereocenters. The molecule has 0 aromatic rings. The van der Waals surface area contributed by atoms with Crippen LogP contribution in [-0.2, 0) is 29.3 Å². The number of carbonyl (C=O) groups is 3. The van der Waals surface area contributed by atoms with Gasteiger partial charge in [-0.2, -0.15) is 8.42 Å². The van der Waals surface area contributed by atoms with Gasteiger partial charge in [-0.25, -0.2) is 4.79 Å². The van der Waals surface area contributed by atoms with E-state index in [0.29, 0.717) is 12.8 Å². The minimum Gasteiger partial charge on any atom is -0.330 e. The predicted octanol–water partition coefficient (Wildman–Crippen LogP) is 1.07. The first kappa shape index (κ1) is 18.6. The minimum atomic E-state index is -4.70. The summed E-state index contributed by atoms with van der Waals surface area (Å²) in [5.41, 5.74) is 0. The molecule has 1 heterocycles. The van der Waals surface area contributed by atoms with Crippen molar-refractivity contribution < 1.29 is 32.2 Å². The number of rotatable bonds is 8. The van der Waals surface area contributed by atoms with Crippen LogP contribution in [0, 0.1) is 5.92 Å². The number of amides is 2. The lowest BCUT2D eigenvalue weighted by molar-refractivity contribution is -0.200. The van der Waals surface area contributed by atoms with Crippen molar-refractivity contribution in [2.24, 2.45) is 5.92 Å². The van der Waals surface area contributed by atoms with Gasteiger partial charge in [0.2, 0.25) is 0 Å². The molecule has 0 aliphatic carbocycles. The normalized spacial score (nSPS) is 20.3. The summed E-state index contributed by atoms with van der Waals surface area (Å²) in [7, 11) is -4.70. The Labute approximate surface area is 129 Å². The Kier molecular flexibility index (Phi) is 6.48. The van der Waals surface area contributed by atoms with Crippen molar-refractivity contribution >= 4 is 27.9 Å². The van der Waals surface area contributed by atoms with Gasteiger partial charge in [0.1, 0.15) is 0 Å². The molecule has 126 valence electrons. The zero-order chi connectivity index (χ0) is 16.9. The minimum absolute atomic E-state index is 0.162. The number of hydroxylamine groups is 2. The van der Waals surface area contributed by atoms with Crippen LogP contribution in [0.15, 0.2) is 0 Å². The molecule has 8 nitrogen and oxygen atoms in total. The SMILES string of the molecule is CCCCC(CCC)C(=O)ON1C(=O)CC(S(=O)(=O)O)C1=O. The average molecular weight is 335 g/mol. The molecular formula is C13H21NO7S. The van der Waals surface area contributed by atoms with Crippen LogP contribution in [0.2, 0.25) is 0 Å². The van der Waals surface area contributed by atoms with Crippen molar-refractivity contribution in [2.75, 3.05) is 0 Å². The maximum absolute atomic E-state index is 12.1. The zero-order valence-corrected chi connectivity index (χ0v) is 13.5. The summed E-state index contributed by atoms with van der Waals surface area (Å²) in [6.07, 6.45) is 2.82. The first-order chi connectivity index (χ1) is 10.2. The van der Waals surface area contributed by atoms with Gasteiger partial charge in [-0.1, -0.05) is 33.1 Å². The largest absolute Gasteiger partial charge is 0.336 e. The third-order valence-electron chi connectivity index (χ3n) is 3.48. The number of imide groups is 1. The molecule has 1 saturated heterocycles. The first-order valence-corrected chi connectivity index (χ1v) is 8.77. The molecule has 1 aliphatic heterocycles. The summed E-state index contributed by atoms with van der Waals surface area (Å²) in [6.45, 7) is 3.87. The van der Waals surface area contributed by atoms with Crippen LogP contribution in [0.5, 0.6) is 0 Å².